The van der Waals surface area contributed by atoms with Crippen LogP contribution in [-0.4, -0.2) is 36.7 Å². The average molecular weight is 282 g/mol. The molecule has 0 unspecified atom stereocenters. The molecule has 0 radical (unpaired) electrons. The first kappa shape index (κ1) is 13.8. The van der Waals surface area contributed by atoms with Crippen LogP contribution in [-0.2, 0) is 6.54 Å². The molecule has 1 aliphatic carbocycles. The van der Waals surface area contributed by atoms with Gasteiger partial charge < -0.3 is 10.1 Å². The van der Waals surface area contributed by atoms with E-state index in [1.54, 1.807) is 12.1 Å². The topological polar surface area (TPSA) is 24.5 Å². The number of rotatable bonds is 6. The van der Waals surface area contributed by atoms with E-state index in [1.807, 2.05) is 12.1 Å². The maximum absolute atomic E-state index is 12.3. The number of benzene rings is 1. The lowest BCUT2D eigenvalue weighted by molar-refractivity contribution is -0.0505. The van der Waals surface area contributed by atoms with E-state index >= 15 is 0 Å². The fourth-order valence-electron chi connectivity index (χ4n) is 2.84. The molecule has 1 N–H and O–H groups in total. The maximum atomic E-state index is 12.3. The Balaban J connectivity index is 1.53. The van der Waals surface area contributed by atoms with Gasteiger partial charge in [0.25, 0.3) is 0 Å². The van der Waals surface area contributed by atoms with Gasteiger partial charge in [0.1, 0.15) is 5.75 Å². The summed E-state index contributed by atoms with van der Waals surface area (Å²) in [5.74, 6) is 0.270. The molecule has 110 valence electrons. The van der Waals surface area contributed by atoms with E-state index in [9.17, 15) is 8.78 Å². The van der Waals surface area contributed by atoms with Crippen LogP contribution in [0.3, 0.4) is 0 Å². The molecule has 1 aliphatic heterocycles. The normalized spacial score (nSPS) is 23.4. The number of nitrogens with zero attached hydrogens (tertiary/aromatic N) is 1. The van der Waals surface area contributed by atoms with Crippen molar-refractivity contribution in [1.29, 1.82) is 0 Å². The van der Waals surface area contributed by atoms with Crippen LogP contribution in [0.5, 0.6) is 5.75 Å². The zero-order valence-corrected chi connectivity index (χ0v) is 11.4. The highest BCUT2D eigenvalue weighted by Gasteiger charge is 2.34. The summed E-state index contributed by atoms with van der Waals surface area (Å²) >= 11 is 0. The third kappa shape index (κ3) is 3.46. The number of likely N-dealkylation sites (tertiary alicyclic amines) is 1. The molecular weight excluding hydrogens is 262 g/mol. The Bertz CT molecular complexity index is 451. The molecule has 0 bridgehead atoms. The molecule has 5 heteroatoms. The van der Waals surface area contributed by atoms with E-state index in [2.05, 4.69) is 15.0 Å². The molecule has 1 aromatic carbocycles. The molecule has 1 heterocycles. The number of ether oxygens (including phenoxy) is 1. The van der Waals surface area contributed by atoms with Gasteiger partial charge in [-0.2, -0.15) is 8.78 Å². The first-order chi connectivity index (χ1) is 9.72. The molecule has 1 saturated carbocycles. The second-order valence-electron chi connectivity index (χ2n) is 5.58. The van der Waals surface area contributed by atoms with Gasteiger partial charge in [-0.15, -0.1) is 0 Å². The maximum Gasteiger partial charge on any atom is 0.387 e. The third-order valence-electron chi connectivity index (χ3n) is 4.05. The fourth-order valence-corrected chi connectivity index (χ4v) is 2.84. The molecule has 3 rings (SSSR count). The summed E-state index contributed by atoms with van der Waals surface area (Å²) in [6.45, 7) is 0.0274. The Labute approximate surface area is 117 Å². The second kappa shape index (κ2) is 6.06. The van der Waals surface area contributed by atoms with Crippen LogP contribution in [0.4, 0.5) is 8.78 Å². The Morgan fingerprint density at radius 2 is 2.05 bits per heavy atom. The van der Waals surface area contributed by atoms with Crippen molar-refractivity contribution in [1.82, 2.24) is 10.2 Å². The van der Waals surface area contributed by atoms with Crippen molar-refractivity contribution in [3.63, 3.8) is 0 Å². The Morgan fingerprint density at radius 1 is 1.25 bits per heavy atom. The van der Waals surface area contributed by atoms with Crippen molar-refractivity contribution in [2.75, 3.05) is 13.1 Å². The summed E-state index contributed by atoms with van der Waals surface area (Å²) in [6, 6.07) is 8.24. The van der Waals surface area contributed by atoms with Crippen molar-refractivity contribution in [2.24, 2.45) is 0 Å². The molecule has 3 nitrogen and oxygen atoms in total. The quantitative estimate of drug-likeness (QED) is 0.868. The monoisotopic (exact) mass is 282 g/mol. The number of halogens is 2. The largest absolute Gasteiger partial charge is 0.434 e. The number of alkyl halides is 2. The Morgan fingerprint density at radius 3 is 2.80 bits per heavy atom. The highest BCUT2D eigenvalue weighted by Crippen LogP contribution is 2.30. The van der Waals surface area contributed by atoms with Crippen LogP contribution in [0.2, 0.25) is 0 Å². The zero-order valence-electron chi connectivity index (χ0n) is 11.4. The number of hydrogen-bond acceptors (Lipinski definition) is 3. The van der Waals surface area contributed by atoms with Crippen LogP contribution >= 0.6 is 0 Å². The van der Waals surface area contributed by atoms with Crippen molar-refractivity contribution < 1.29 is 13.5 Å². The lowest BCUT2D eigenvalue weighted by atomic mass is 10.2. The van der Waals surface area contributed by atoms with Gasteiger partial charge in [0.2, 0.25) is 0 Å². The summed E-state index contributed by atoms with van der Waals surface area (Å²) in [6.07, 6.45) is 3.80. The summed E-state index contributed by atoms with van der Waals surface area (Å²) in [4.78, 5) is 2.53. The molecule has 0 spiro atoms. The summed E-state index contributed by atoms with van der Waals surface area (Å²) in [5, 5.41) is 3.46. The standard InChI is InChI=1S/C15H20F2N2O/c16-15(17)20-14-4-2-1-3-11(14)9-18-12-7-8-19(10-12)13-5-6-13/h1-4,12-13,15,18H,5-10H2/t12-/m1/s1. The van der Waals surface area contributed by atoms with Gasteiger partial charge in [-0.25, -0.2) is 0 Å². The van der Waals surface area contributed by atoms with Crippen LogP contribution in [0.1, 0.15) is 24.8 Å². The first-order valence-electron chi connectivity index (χ1n) is 7.22. The molecular formula is C15H20F2N2O. The molecule has 1 aromatic rings. The lowest BCUT2D eigenvalue weighted by Gasteiger charge is -2.17. The van der Waals surface area contributed by atoms with Crippen LogP contribution in [0.25, 0.3) is 0 Å². The predicted molar refractivity (Wildman–Crippen MR) is 72.9 cm³/mol. The van der Waals surface area contributed by atoms with Gasteiger partial charge in [0, 0.05) is 37.3 Å². The first-order valence-corrected chi connectivity index (χ1v) is 7.22. The minimum atomic E-state index is -2.77. The number of hydrogen-bond donors (Lipinski definition) is 1. The average Bonchev–Trinajstić information content (AvgIpc) is 3.17. The molecule has 1 atom stereocenters. The molecule has 0 aromatic heterocycles. The molecule has 1 saturated heterocycles. The van der Waals surface area contributed by atoms with E-state index in [0.29, 0.717) is 12.6 Å². The van der Waals surface area contributed by atoms with Crippen molar-refractivity contribution in [2.45, 2.75) is 44.5 Å². The van der Waals surface area contributed by atoms with E-state index in [-0.39, 0.29) is 5.75 Å². The predicted octanol–water partition coefficient (Wildman–Crippen LogP) is 2.61. The third-order valence-corrected chi connectivity index (χ3v) is 4.05. The second-order valence-corrected chi connectivity index (χ2v) is 5.58. The van der Waals surface area contributed by atoms with Gasteiger partial charge >= 0.3 is 6.61 Å². The minimum Gasteiger partial charge on any atom is -0.434 e. The minimum absolute atomic E-state index is 0.270. The number of para-hydroxylation sites is 1. The Hall–Kier alpha value is -1.20. The van der Waals surface area contributed by atoms with Crippen LogP contribution in [0, 0.1) is 0 Å². The van der Waals surface area contributed by atoms with Crippen molar-refractivity contribution >= 4 is 0 Å². The summed E-state index contributed by atoms with van der Waals surface area (Å²) < 4.78 is 29.2. The van der Waals surface area contributed by atoms with Gasteiger partial charge in [-0.05, 0) is 25.3 Å². The Kier molecular flexibility index (Phi) is 4.17. The molecule has 2 aliphatic rings. The summed E-state index contributed by atoms with van der Waals surface area (Å²) in [7, 11) is 0. The fraction of sp³-hybridized carbons (Fsp3) is 0.600. The van der Waals surface area contributed by atoms with E-state index in [4.69, 9.17) is 0 Å². The zero-order chi connectivity index (χ0) is 13.9. The van der Waals surface area contributed by atoms with E-state index in [1.165, 1.54) is 12.8 Å². The smallest absolute Gasteiger partial charge is 0.387 e. The summed E-state index contributed by atoms with van der Waals surface area (Å²) in [5.41, 5.74) is 0.790. The van der Waals surface area contributed by atoms with Gasteiger partial charge in [0.05, 0.1) is 0 Å². The van der Waals surface area contributed by atoms with E-state index < -0.39 is 6.61 Å². The molecule has 0 amide bonds. The highest BCUT2D eigenvalue weighted by atomic mass is 19.3. The van der Waals surface area contributed by atoms with Crippen LogP contribution < -0.4 is 10.1 Å². The van der Waals surface area contributed by atoms with Crippen molar-refractivity contribution in [3.05, 3.63) is 29.8 Å². The SMILES string of the molecule is FC(F)Oc1ccccc1CN[C@@H]1CCN(C2CC2)C1. The number of nitrogens with one attached hydrogen (secondary N) is 1. The molecule has 2 fully saturated rings. The van der Waals surface area contributed by atoms with Crippen molar-refractivity contribution in [3.8, 4) is 5.75 Å². The van der Waals surface area contributed by atoms with Gasteiger partial charge in [0.15, 0.2) is 0 Å². The highest BCUT2D eigenvalue weighted by molar-refractivity contribution is 5.33. The van der Waals surface area contributed by atoms with Crippen LogP contribution in [0.15, 0.2) is 24.3 Å². The molecule has 20 heavy (non-hydrogen) atoms. The van der Waals surface area contributed by atoms with Gasteiger partial charge in [-0.3, -0.25) is 4.90 Å². The lowest BCUT2D eigenvalue weighted by Crippen LogP contribution is -2.33. The van der Waals surface area contributed by atoms with Gasteiger partial charge in [-0.1, -0.05) is 18.2 Å². The van der Waals surface area contributed by atoms with E-state index in [0.717, 1.165) is 31.1 Å².